The van der Waals surface area contributed by atoms with Crippen LogP contribution in [0.2, 0.25) is 0 Å². The number of nitrogens with one attached hydrogen (secondary N) is 2. The van der Waals surface area contributed by atoms with E-state index in [0.717, 1.165) is 23.5 Å². The minimum absolute atomic E-state index is 0.00728. The van der Waals surface area contributed by atoms with Crippen LogP contribution in [-0.4, -0.2) is 19.1 Å². The molecular weight excluding hydrogens is 228 g/mol. The fourth-order valence-electron chi connectivity index (χ4n) is 2.00. The second-order valence-electron chi connectivity index (χ2n) is 4.93. The predicted molar refractivity (Wildman–Crippen MR) is 71.8 cm³/mol. The van der Waals surface area contributed by atoms with E-state index in [1.54, 1.807) is 0 Å². The Hall–Kier alpha value is -1.55. The van der Waals surface area contributed by atoms with Crippen molar-refractivity contribution >= 4 is 11.6 Å². The highest BCUT2D eigenvalue weighted by Crippen LogP contribution is 2.33. The Bertz CT molecular complexity index is 443. The fraction of sp³-hybridized carbons (Fsp3) is 0.500. The zero-order valence-corrected chi connectivity index (χ0v) is 11.1. The number of ether oxygens (including phenoxy) is 1. The van der Waals surface area contributed by atoms with Crippen molar-refractivity contribution in [3.05, 3.63) is 23.8 Å². The van der Waals surface area contributed by atoms with Crippen molar-refractivity contribution in [3.8, 4) is 5.75 Å². The minimum Gasteiger partial charge on any atom is -0.493 e. The summed E-state index contributed by atoms with van der Waals surface area (Å²) in [4.78, 5) is 11.8. The molecule has 1 unspecified atom stereocenters. The highest BCUT2D eigenvalue weighted by atomic mass is 16.5. The molecule has 0 spiro atoms. The van der Waals surface area contributed by atoms with E-state index in [4.69, 9.17) is 4.74 Å². The largest absolute Gasteiger partial charge is 0.493 e. The van der Waals surface area contributed by atoms with E-state index in [9.17, 15) is 4.79 Å². The monoisotopic (exact) mass is 248 g/mol. The van der Waals surface area contributed by atoms with Gasteiger partial charge in [0.2, 0.25) is 5.91 Å². The van der Waals surface area contributed by atoms with Crippen molar-refractivity contribution < 1.29 is 9.53 Å². The van der Waals surface area contributed by atoms with Crippen LogP contribution in [0.1, 0.15) is 32.4 Å². The van der Waals surface area contributed by atoms with E-state index in [-0.39, 0.29) is 11.9 Å². The van der Waals surface area contributed by atoms with Crippen LogP contribution in [0.3, 0.4) is 0 Å². The summed E-state index contributed by atoms with van der Waals surface area (Å²) in [7, 11) is 0. The molecule has 4 heteroatoms. The molecule has 4 nitrogen and oxygen atoms in total. The summed E-state index contributed by atoms with van der Waals surface area (Å²) < 4.78 is 5.65. The Morgan fingerprint density at radius 2 is 2.22 bits per heavy atom. The molecule has 1 aromatic carbocycles. The number of hydrogen-bond acceptors (Lipinski definition) is 3. The molecule has 1 aromatic rings. The summed E-state index contributed by atoms with van der Waals surface area (Å²) in [5.74, 6) is 1.30. The van der Waals surface area contributed by atoms with Gasteiger partial charge in [0.25, 0.3) is 0 Å². The summed E-state index contributed by atoms with van der Waals surface area (Å²) in [6, 6.07) is 5.54. The first-order valence-electron chi connectivity index (χ1n) is 6.42. The molecular formula is C14H20N2O2. The minimum atomic E-state index is -0.232. The predicted octanol–water partition coefficient (Wildman–Crippen LogP) is 2.32. The standard InChI is InChI=1S/C14H20N2O2/c1-4-15-13-11-6-5-10(18-8-9(2)3)7-12(11)16-14(13)17/h5-7,9,13,15H,4,8H2,1-3H3,(H,16,17). The lowest BCUT2D eigenvalue weighted by Gasteiger charge is -2.11. The molecule has 1 heterocycles. The molecule has 0 aliphatic carbocycles. The first kappa shape index (κ1) is 12.9. The highest BCUT2D eigenvalue weighted by Gasteiger charge is 2.29. The van der Waals surface area contributed by atoms with Gasteiger partial charge >= 0.3 is 0 Å². The van der Waals surface area contributed by atoms with Gasteiger partial charge in [0.15, 0.2) is 0 Å². The van der Waals surface area contributed by atoms with E-state index < -0.39 is 0 Å². The molecule has 2 N–H and O–H groups in total. The van der Waals surface area contributed by atoms with E-state index in [0.29, 0.717) is 12.5 Å². The number of hydrogen-bond donors (Lipinski definition) is 2. The third-order valence-electron chi connectivity index (χ3n) is 2.85. The molecule has 0 radical (unpaired) electrons. The van der Waals surface area contributed by atoms with Crippen LogP contribution < -0.4 is 15.4 Å². The average molecular weight is 248 g/mol. The summed E-state index contributed by atoms with van der Waals surface area (Å²) >= 11 is 0. The van der Waals surface area contributed by atoms with E-state index in [2.05, 4.69) is 24.5 Å². The number of anilines is 1. The Labute approximate surface area is 108 Å². The lowest BCUT2D eigenvalue weighted by atomic mass is 10.1. The zero-order valence-electron chi connectivity index (χ0n) is 11.1. The second-order valence-corrected chi connectivity index (χ2v) is 4.93. The number of likely N-dealkylation sites (N-methyl/N-ethyl adjacent to an activating group) is 1. The van der Waals surface area contributed by atoms with E-state index >= 15 is 0 Å². The van der Waals surface area contributed by atoms with E-state index in [1.807, 2.05) is 25.1 Å². The summed E-state index contributed by atoms with van der Waals surface area (Å²) in [6.07, 6.45) is 0. The lowest BCUT2D eigenvalue weighted by Crippen LogP contribution is -2.27. The van der Waals surface area contributed by atoms with Gasteiger partial charge < -0.3 is 15.4 Å². The van der Waals surface area contributed by atoms with Crippen molar-refractivity contribution in [2.24, 2.45) is 5.92 Å². The Kier molecular flexibility index (Phi) is 3.87. The van der Waals surface area contributed by atoms with Crippen LogP contribution in [-0.2, 0) is 4.79 Å². The summed E-state index contributed by atoms with van der Waals surface area (Å²) in [6.45, 7) is 7.66. The lowest BCUT2D eigenvalue weighted by molar-refractivity contribution is -0.117. The van der Waals surface area contributed by atoms with Gasteiger partial charge in [-0.05, 0) is 18.5 Å². The Morgan fingerprint density at radius 1 is 1.44 bits per heavy atom. The van der Waals surface area contributed by atoms with Gasteiger partial charge in [-0.1, -0.05) is 26.8 Å². The molecule has 0 bridgehead atoms. The maximum Gasteiger partial charge on any atom is 0.246 e. The summed E-state index contributed by atoms with van der Waals surface area (Å²) in [5.41, 5.74) is 1.85. The van der Waals surface area contributed by atoms with Crippen molar-refractivity contribution in [2.75, 3.05) is 18.5 Å². The van der Waals surface area contributed by atoms with Gasteiger partial charge in [0, 0.05) is 17.3 Å². The molecule has 18 heavy (non-hydrogen) atoms. The maximum absolute atomic E-state index is 11.8. The van der Waals surface area contributed by atoms with Gasteiger partial charge in [-0.25, -0.2) is 0 Å². The average Bonchev–Trinajstić information content (AvgIpc) is 2.63. The number of carbonyl (C=O) groups is 1. The quantitative estimate of drug-likeness (QED) is 0.840. The van der Waals surface area contributed by atoms with Crippen LogP contribution in [0.15, 0.2) is 18.2 Å². The molecule has 1 aliphatic heterocycles. The van der Waals surface area contributed by atoms with Crippen molar-refractivity contribution in [2.45, 2.75) is 26.8 Å². The van der Waals surface area contributed by atoms with Gasteiger partial charge in [0.05, 0.1) is 6.61 Å². The molecule has 2 rings (SSSR count). The summed E-state index contributed by atoms with van der Waals surface area (Å²) in [5, 5.41) is 6.05. The van der Waals surface area contributed by atoms with Gasteiger partial charge in [-0.3, -0.25) is 4.79 Å². The number of amides is 1. The smallest absolute Gasteiger partial charge is 0.246 e. The zero-order chi connectivity index (χ0) is 13.1. The first-order chi connectivity index (χ1) is 8.61. The molecule has 98 valence electrons. The Balaban J connectivity index is 2.14. The maximum atomic E-state index is 11.8. The first-order valence-corrected chi connectivity index (χ1v) is 6.42. The molecule has 1 atom stereocenters. The van der Waals surface area contributed by atoms with Crippen LogP contribution in [0, 0.1) is 5.92 Å². The number of rotatable bonds is 5. The van der Waals surface area contributed by atoms with Crippen molar-refractivity contribution in [1.29, 1.82) is 0 Å². The van der Waals surface area contributed by atoms with Crippen molar-refractivity contribution in [3.63, 3.8) is 0 Å². The van der Waals surface area contributed by atoms with E-state index in [1.165, 1.54) is 0 Å². The van der Waals surface area contributed by atoms with Gasteiger partial charge in [-0.2, -0.15) is 0 Å². The SMILES string of the molecule is CCNC1C(=O)Nc2cc(OCC(C)C)ccc21. The number of fused-ring (bicyclic) bond motifs is 1. The van der Waals surface area contributed by atoms with Crippen LogP contribution in [0.5, 0.6) is 5.75 Å². The van der Waals surface area contributed by atoms with Crippen LogP contribution in [0.25, 0.3) is 0 Å². The molecule has 0 saturated carbocycles. The van der Waals surface area contributed by atoms with Crippen molar-refractivity contribution in [1.82, 2.24) is 5.32 Å². The third kappa shape index (κ3) is 2.64. The molecule has 0 aromatic heterocycles. The second kappa shape index (κ2) is 5.40. The Morgan fingerprint density at radius 3 is 2.89 bits per heavy atom. The normalized spacial score (nSPS) is 17.8. The number of carbonyl (C=O) groups excluding carboxylic acids is 1. The van der Waals surface area contributed by atoms with Gasteiger partial charge in [0.1, 0.15) is 11.8 Å². The van der Waals surface area contributed by atoms with Crippen LogP contribution in [0.4, 0.5) is 5.69 Å². The molecule has 0 saturated heterocycles. The highest BCUT2D eigenvalue weighted by molar-refractivity contribution is 6.02. The van der Waals surface area contributed by atoms with Gasteiger partial charge in [-0.15, -0.1) is 0 Å². The molecule has 1 amide bonds. The van der Waals surface area contributed by atoms with Crippen LogP contribution >= 0.6 is 0 Å². The molecule has 1 aliphatic rings. The molecule has 0 fully saturated rings. The topological polar surface area (TPSA) is 50.4 Å². The fourth-order valence-corrected chi connectivity index (χ4v) is 2.00. The number of benzene rings is 1. The third-order valence-corrected chi connectivity index (χ3v) is 2.85.